The maximum atomic E-state index is 5.27. The van der Waals surface area contributed by atoms with E-state index in [-0.39, 0.29) is 0 Å². The first-order valence-electron chi connectivity index (χ1n) is 4.72. The van der Waals surface area contributed by atoms with Gasteiger partial charge in [0.05, 0.1) is 23.9 Å². The van der Waals surface area contributed by atoms with Crippen molar-refractivity contribution in [1.82, 2.24) is 0 Å². The minimum Gasteiger partial charge on any atom is -0.494 e. The minimum absolute atomic E-state index is 0.680. The summed E-state index contributed by atoms with van der Waals surface area (Å²) >= 11 is 5.26. The molecule has 0 saturated heterocycles. The van der Waals surface area contributed by atoms with E-state index in [1.807, 2.05) is 6.07 Å². The number of benzene rings is 1. The summed E-state index contributed by atoms with van der Waals surface area (Å²) in [4.78, 5) is 5.07. The standard InChI is InChI=1S/C11H7N3OS/c1-15-8-4-6-9(16)2-3-12-10(6)7-5-13-14-11(7)8/h2-5H,1H3. The van der Waals surface area contributed by atoms with Crippen LogP contribution in [0.25, 0.3) is 6.20 Å². The van der Waals surface area contributed by atoms with Crippen LogP contribution in [0, 0.1) is 0 Å². The van der Waals surface area contributed by atoms with Crippen LogP contribution >= 0.6 is 12.2 Å². The summed E-state index contributed by atoms with van der Waals surface area (Å²) in [5.74, 6) is 0.680. The molecule has 3 rings (SSSR count). The van der Waals surface area contributed by atoms with Crippen molar-refractivity contribution in [2.75, 3.05) is 7.11 Å². The van der Waals surface area contributed by atoms with Gasteiger partial charge in [-0.05, 0) is 12.1 Å². The van der Waals surface area contributed by atoms with Crippen molar-refractivity contribution in [3.8, 4) is 5.75 Å². The molecule has 1 aromatic rings. The first-order valence-corrected chi connectivity index (χ1v) is 5.13. The molecule has 2 aliphatic rings. The number of hydrogen-bond acceptors (Lipinski definition) is 5. The maximum Gasteiger partial charge on any atom is 0.147 e. The highest BCUT2D eigenvalue weighted by Crippen LogP contribution is 2.26. The Labute approximate surface area is 96.7 Å². The number of methoxy groups -OCH3 is 1. The van der Waals surface area contributed by atoms with Crippen molar-refractivity contribution in [1.29, 1.82) is 0 Å². The number of thiocarbonyl (C=S) groups is 1. The van der Waals surface area contributed by atoms with E-state index in [1.165, 1.54) is 0 Å². The molecule has 1 aromatic carbocycles. The van der Waals surface area contributed by atoms with Gasteiger partial charge in [-0.15, -0.1) is 5.11 Å². The number of fused-ring (bicyclic) bond motifs is 3. The number of allylic oxidation sites excluding steroid dienone is 1. The van der Waals surface area contributed by atoms with Gasteiger partial charge in [0.15, 0.2) is 0 Å². The average molecular weight is 229 g/mol. The zero-order valence-electron chi connectivity index (χ0n) is 8.47. The number of azo groups is 1. The normalized spacial score (nSPS) is 15.2. The smallest absolute Gasteiger partial charge is 0.147 e. The monoisotopic (exact) mass is 229 g/mol. The Kier molecular flexibility index (Phi) is 1.94. The number of rotatable bonds is 1. The van der Waals surface area contributed by atoms with E-state index < -0.39 is 0 Å². The van der Waals surface area contributed by atoms with Gasteiger partial charge >= 0.3 is 0 Å². The predicted molar refractivity (Wildman–Crippen MR) is 63.6 cm³/mol. The van der Waals surface area contributed by atoms with Gasteiger partial charge < -0.3 is 4.74 Å². The van der Waals surface area contributed by atoms with Crippen molar-refractivity contribution in [2.24, 2.45) is 15.2 Å². The third-order valence-electron chi connectivity index (χ3n) is 2.53. The summed E-state index contributed by atoms with van der Waals surface area (Å²) in [6.07, 6.45) is 5.18. The fourth-order valence-electron chi connectivity index (χ4n) is 1.78. The lowest BCUT2D eigenvalue weighted by Gasteiger charge is -2.08. The third kappa shape index (κ3) is 1.15. The van der Waals surface area contributed by atoms with Crippen molar-refractivity contribution in [3.63, 3.8) is 0 Å². The van der Waals surface area contributed by atoms with Crippen LogP contribution in [-0.2, 0) is 0 Å². The topological polar surface area (TPSA) is 46.3 Å². The van der Waals surface area contributed by atoms with Gasteiger partial charge in [-0.2, -0.15) is 5.11 Å². The summed E-state index contributed by atoms with van der Waals surface area (Å²) in [6.45, 7) is 0. The van der Waals surface area contributed by atoms with Crippen LogP contribution in [0.15, 0.2) is 33.6 Å². The van der Waals surface area contributed by atoms with E-state index in [2.05, 4.69) is 15.2 Å². The van der Waals surface area contributed by atoms with Crippen molar-refractivity contribution in [3.05, 3.63) is 34.5 Å². The molecule has 2 heterocycles. The minimum atomic E-state index is 0.680. The van der Waals surface area contributed by atoms with Crippen molar-refractivity contribution < 1.29 is 4.74 Å². The molecular formula is C11H7N3OS. The van der Waals surface area contributed by atoms with Gasteiger partial charge in [0.1, 0.15) is 11.4 Å². The number of ether oxygens (including phenoxy) is 1. The Hall–Kier alpha value is -1.88. The van der Waals surface area contributed by atoms with Gasteiger partial charge in [-0.1, -0.05) is 12.2 Å². The van der Waals surface area contributed by atoms with Crippen LogP contribution in [0.3, 0.4) is 0 Å². The highest BCUT2D eigenvalue weighted by Gasteiger charge is 2.16. The zero-order chi connectivity index (χ0) is 11.1. The molecule has 0 N–H and O–H groups in total. The summed E-state index contributed by atoms with van der Waals surface area (Å²) in [5, 5.41) is 9.61. The van der Waals surface area contributed by atoms with Crippen molar-refractivity contribution >= 4 is 29.0 Å². The summed E-state index contributed by atoms with van der Waals surface area (Å²) in [7, 11) is 1.61. The summed E-state index contributed by atoms with van der Waals surface area (Å²) in [6, 6.07) is 1.86. The lowest BCUT2D eigenvalue weighted by Crippen LogP contribution is -2.31. The lowest BCUT2D eigenvalue weighted by atomic mass is 10.1. The van der Waals surface area contributed by atoms with E-state index in [1.54, 1.807) is 25.6 Å². The second-order valence-corrected chi connectivity index (χ2v) is 3.83. The molecule has 2 aliphatic heterocycles. The van der Waals surface area contributed by atoms with E-state index in [0.717, 1.165) is 26.7 Å². The molecule has 0 bridgehead atoms. The predicted octanol–water partition coefficient (Wildman–Crippen LogP) is 1.40. The first-order chi connectivity index (χ1) is 7.81. The molecule has 5 heteroatoms. The van der Waals surface area contributed by atoms with E-state index in [4.69, 9.17) is 17.0 Å². The largest absolute Gasteiger partial charge is 0.494 e. The molecule has 0 aliphatic carbocycles. The molecule has 16 heavy (non-hydrogen) atoms. The molecule has 0 amide bonds. The average Bonchev–Trinajstić information content (AvgIpc) is 2.78. The molecular weight excluding hydrogens is 222 g/mol. The van der Waals surface area contributed by atoms with E-state index in [9.17, 15) is 0 Å². The maximum absolute atomic E-state index is 5.27. The van der Waals surface area contributed by atoms with E-state index >= 15 is 0 Å². The number of nitrogens with zero attached hydrogens (tertiary/aromatic N) is 3. The van der Waals surface area contributed by atoms with Gasteiger partial charge in [0.25, 0.3) is 0 Å². The number of hydrogen-bond donors (Lipinski definition) is 0. The Bertz CT molecular complexity index is 673. The Morgan fingerprint density at radius 3 is 3.06 bits per heavy atom. The van der Waals surface area contributed by atoms with Gasteiger partial charge in [0, 0.05) is 16.6 Å². The Morgan fingerprint density at radius 2 is 2.25 bits per heavy atom. The van der Waals surface area contributed by atoms with E-state index in [0.29, 0.717) is 5.75 Å². The second-order valence-electron chi connectivity index (χ2n) is 3.39. The van der Waals surface area contributed by atoms with Crippen LogP contribution in [0.2, 0.25) is 0 Å². The zero-order valence-corrected chi connectivity index (χ0v) is 9.28. The van der Waals surface area contributed by atoms with Gasteiger partial charge in [-0.25, -0.2) is 0 Å². The lowest BCUT2D eigenvalue weighted by molar-refractivity contribution is 0.415. The molecule has 0 radical (unpaired) electrons. The highest BCUT2D eigenvalue weighted by atomic mass is 32.1. The second kappa shape index (κ2) is 3.31. The molecule has 0 atom stereocenters. The van der Waals surface area contributed by atoms with Crippen LogP contribution in [0.4, 0.5) is 5.69 Å². The highest BCUT2D eigenvalue weighted by molar-refractivity contribution is 7.81. The SMILES string of the molecule is COc1cc2c(c3c1N=NC=3)=NC=CC2=S. The van der Waals surface area contributed by atoms with Crippen molar-refractivity contribution in [2.45, 2.75) is 0 Å². The van der Waals surface area contributed by atoms with Crippen LogP contribution < -0.4 is 15.3 Å². The Balaban J connectivity index is 2.49. The molecule has 0 saturated carbocycles. The third-order valence-corrected chi connectivity index (χ3v) is 2.89. The quantitative estimate of drug-likeness (QED) is 0.683. The molecule has 78 valence electrons. The summed E-state index contributed by atoms with van der Waals surface area (Å²) in [5.41, 5.74) is 1.62. The Morgan fingerprint density at radius 1 is 1.38 bits per heavy atom. The summed E-state index contributed by atoms with van der Waals surface area (Å²) < 4.78 is 5.27. The fourth-order valence-corrected chi connectivity index (χ4v) is 2.00. The van der Waals surface area contributed by atoms with Crippen LogP contribution in [-0.4, -0.2) is 12.0 Å². The van der Waals surface area contributed by atoms with Crippen LogP contribution in [0.5, 0.6) is 5.75 Å². The molecule has 0 aromatic heterocycles. The molecule has 4 nitrogen and oxygen atoms in total. The van der Waals surface area contributed by atoms with Gasteiger partial charge in [0.2, 0.25) is 0 Å². The first kappa shape index (κ1) is 9.35. The molecule has 0 unspecified atom stereocenters. The van der Waals surface area contributed by atoms with Gasteiger partial charge in [-0.3, -0.25) is 4.99 Å². The fraction of sp³-hybridized carbons (Fsp3) is 0.0909. The molecule has 0 spiro atoms. The van der Waals surface area contributed by atoms with Crippen LogP contribution in [0.1, 0.15) is 5.56 Å². The molecule has 0 fully saturated rings.